The first kappa shape index (κ1) is 17.3. The van der Waals surface area contributed by atoms with E-state index in [1.165, 1.54) is 0 Å². The van der Waals surface area contributed by atoms with Crippen molar-refractivity contribution >= 4 is 5.69 Å². The third kappa shape index (κ3) is 4.23. The zero-order valence-electron chi connectivity index (χ0n) is 12.0. The highest BCUT2D eigenvalue weighted by Gasteiger charge is 2.37. The number of nitrogens with one attached hydrogen (secondary N) is 1. The summed E-state index contributed by atoms with van der Waals surface area (Å²) in [5.41, 5.74) is -0.867. The summed E-state index contributed by atoms with van der Waals surface area (Å²) in [6.07, 6.45) is -5.67. The SMILES string of the molecule is O=[N+]([O-])c1cc([C@@H](CC(F)(F)F)N2CCNCC2)cc(O)c1O. The van der Waals surface area contributed by atoms with Crippen molar-refractivity contribution in [1.82, 2.24) is 10.2 Å². The molecule has 0 saturated carbocycles. The van der Waals surface area contributed by atoms with Crippen LogP contribution in [0.4, 0.5) is 18.9 Å². The number of rotatable bonds is 4. The Morgan fingerprint density at radius 3 is 2.43 bits per heavy atom. The summed E-state index contributed by atoms with van der Waals surface area (Å²) in [7, 11) is 0. The summed E-state index contributed by atoms with van der Waals surface area (Å²) in [6.45, 7) is 1.69. The zero-order valence-corrected chi connectivity index (χ0v) is 12.0. The van der Waals surface area contributed by atoms with Gasteiger partial charge in [-0.3, -0.25) is 15.0 Å². The maximum Gasteiger partial charge on any atom is 0.390 e. The van der Waals surface area contributed by atoms with Gasteiger partial charge in [0.25, 0.3) is 0 Å². The highest BCUT2D eigenvalue weighted by Crippen LogP contribution is 2.41. The van der Waals surface area contributed by atoms with Gasteiger partial charge < -0.3 is 15.5 Å². The summed E-state index contributed by atoms with van der Waals surface area (Å²) in [5.74, 6) is -1.76. The number of hydrogen-bond acceptors (Lipinski definition) is 6. The van der Waals surface area contributed by atoms with Crippen molar-refractivity contribution in [3.05, 3.63) is 27.8 Å². The van der Waals surface area contributed by atoms with Crippen LogP contribution >= 0.6 is 0 Å². The summed E-state index contributed by atoms with van der Waals surface area (Å²) in [6, 6.07) is 0.663. The molecular formula is C13H16F3N3O4. The number of nitro benzene ring substituents is 1. The second-order valence-corrected chi connectivity index (χ2v) is 5.29. The minimum atomic E-state index is -4.47. The minimum absolute atomic E-state index is 0.0498. The van der Waals surface area contributed by atoms with Crippen molar-refractivity contribution < 1.29 is 28.3 Å². The van der Waals surface area contributed by atoms with Gasteiger partial charge in [-0.25, -0.2) is 0 Å². The first-order chi connectivity index (χ1) is 10.7. The number of benzene rings is 1. The largest absolute Gasteiger partial charge is 0.504 e. The van der Waals surface area contributed by atoms with Crippen LogP contribution in [0, 0.1) is 10.1 Å². The van der Waals surface area contributed by atoms with Crippen molar-refractivity contribution in [2.24, 2.45) is 0 Å². The Morgan fingerprint density at radius 2 is 1.91 bits per heavy atom. The average Bonchev–Trinajstić information content (AvgIpc) is 2.47. The molecule has 0 amide bonds. The van der Waals surface area contributed by atoms with Crippen LogP contribution in [0.5, 0.6) is 11.5 Å². The van der Waals surface area contributed by atoms with E-state index in [2.05, 4.69) is 5.32 Å². The molecule has 1 aliphatic heterocycles. The molecule has 1 aliphatic rings. The Hall–Kier alpha value is -2.07. The lowest BCUT2D eigenvalue weighted by Gasteiger charge is -2.35. The van der Waals surface area contributed by atoms with Crippen LogP contribution in [0.2, 0.25) is 0 Å². The first-order valence-electron chi connectivity index (χ1n) is 6.91. The van der Waals surface area contributed by atoms with E-state index in [0.717, 1.165) is 12.1 Å². The van der Waals surface area contributed by atoms with E-state index in [1.807, 2.05) is 0 Å². The summed E-state index contributed by atoms with van der Waals surface area (Å²) in [4.78, 5) is 11.5. The fourth-order valence-corrected chi connectivity index (χ4v) is 2.63. The summed E-state index contributed by atoms with van der Waals surface area (Å²) >= 11 is 0. The molecule has 1 heterocycles. The molecule has 0 radical (unpaired) electrons. The quantitative estimate of drug-likeness (QED) is 0.442. The molecule has 7 nitrogen and oxygen atoms in total. The Bertz CT molecular complexity index is 589. The number of halogens is 3. The number of aromatic hydroxyl groups is 2. The van der Waals surface area contributed by atoms with Gasteiger partial charge in [-0.2, -0.15) is 13.2 Å². The van der Waals surface area contributed by atoms with Crippen molar-refractivity contribution in [3.63, 3.8) is 0 Å². The molecule has 1 fully saturated rings. The summed E-state index contributed by atoms with van der Waals surface area (Å²) in [5, 5.41) is 33.0. The highest BCUT2D eigenvalue weighted by atomic mass is 19.4. The van der Waals surface area contributed by atoms with Crippen molar-refractivity contribution in [3.8, 4) is 11.5 Å². The molecule has 0 bridgehead atoms. The lowest BCUT2D eigenvalue weighted by atomic mass is 9.99. The molecule has 0 spiro atoms. The molecular weight excluding hydrogens is 319 g/mol. The van der Waals surface area contributed by atoms with E-state index in [-0.39, 0.29) is 5.56 Å². The highest BCUT2D eigenvalue weighted by molar-refractivity contribution is 5.57. The molecule has 1 aromatic rings. The van der Waals surface area contributed by atoms with Gasteiger partial charge in [0.15, 0.2) is 5.75 Å². The van der Waals surface area contributed by atoms with Gasteiger partial charge in [-0.05, 0) is 11.6 Å². The van der Waals surface area contributed by atoms with Gasteiger partial charge in [0, 0.05) is 38.3 Å². The number of nitrogens with zero attached hydrogens (tertiary/aromatic N) is 2. The van der Waals surface area contributed by atoms with Crippen LogP contribution in [-0.4, -0.2) is 52.4 Å². The Labute approximate surface area is 129 Å². The van der Waals surface area contributed by atoms with Crippen LogP contribution < -0.4 is 5.32 Å². The van der Waals surface area contributed by atoms with Gasteiger partial charge >= 0.3 is 11.9 Å². The molecule has 0 aromatic heterocycles. The maximum absolute atomic E-state index is 12.9. The smallest absolute Gasteiger partial charge is 0.390 e. The molecule has 1 atom stereocenters. The zero-order chi connectivity index (χ0) is 17.2. The number of alkyl halides is 3. The maximum atomic E-state index is 12.9. The third-order valence-corrected chi connectivity index (χ3v) is 3.69. The fraction of sp³-hybridized carbons (Fsp3) is 0.538. The van der Waals surface area contributed by atoms with E-state index in [0.29, 0.717) is 26.2 Å². The van der Waals surface area contributed by atoms with Gasteiger partial charge in [0.05, 0.1) is 11.3 Å². The van der Waals surface area contributed by atoms with Crippen molar-refractivity contribution in [1.29, 1.82) is 0 Å². The van der Waals surface area contributed by atoms with Gasteiger partial charge in [-0.15, -0.1) is 0 Å². The van der Waals surface area contributed by atoms with Gasteiger partial charge in [-0.1, -0.05) is 0 Å². The van der Waals surface area contributed by atoms with Crippen LogP contribution in [0.3, 0.4) is 0 Å². The van der Waals surface area contributed by atoms with Crippen LogP contribution in [0.15, 0.2) is 12.1 Å². The molecule has 23 heavy (non-hydrogen) atoms. The van der Waals surface area contributed by atoms with Crippen LogP contribution in [0.1, 0.15) is 18.0 Å². The fourth-order valence-electron chi connectivity index (χ4n) is 2.63. The average molecular weight is 335 g/mol. The molecule has 0 unspecified atom stereocenters. The van der Waals surface area contributed by atoms with Gasteiger partial charge in [0.2, 0.25) is 5.75 Å². The Morgan fingerprint density at radius 1 is 1.30 bits per heavy atom. The number of piperazine rings is 1. The molecule has 3 N–H and O–H groups in total. The van der Waals surface area contributed by atoms with E-state index in [4.69, 9.17) is 0 Å². The summed E-state index contributed by atoms with van der Waals surface area (Å²) < 4.78 is 38.7. The van der Waals surface area contributed by atoms with Crippen molar-refractivity contribution in [2.75, 3.05) is 26.2 Å². The molecule has 2 rings (SSSR count). The van der Waals surface area contributed by atoms with Crippen LogP contribution in [-0.2, 0) is 0 Å². The van der Waals surface area contributed by atoms with E-state index < -0.39 is 40.7 Å². The topological polar surface area (TPSA) is 98.9 Å². The van der Waals surface area contributed by atoms with Crippen molar-refractivity contribution in [2.45, 2.75) is 18.6 Å². The molecule has 10 heteroatoms. The van der Waals surface area contributed by atoms with Crippen LogP contribution in [0.25, 0.3) is 0 Å². The number of nitro groups is 1. The number of phenolic OH excluding ortho intramolecular Hbond substituents is 2. The first-order valence-corrected chi connectivity index (χ1v) is 6.91. The number of hydrogen-bond donors (Lipinski definition) is 3. The second kappa shape index (κ2) is 6.59. The predicted octanol–water partition coefficient (Wildman–Crippen LogP) is 1.90. The molecule has 0 aliphatic carbocycles. The Balaban J connectivity index is 2.43. The molecule has 1 aromatic carbocycles. The lowest BCUT2D eigenvalue weighted by Crippen LogP contribution is -2.46. The van der Waals surface area contributed by atoms with E-state index >= 15 is 0 Å². The number of phenols is 2. The lowest BCUT2D eigenvalue weighted by molar-refractivity contribution is -0.386. The molecule has 128 valence electrons. The van der Waals surface area contributed by atoms with E-state index in [9.17, 15) is 33.5 Å². The molecule has 1 saturated heterocycles. The van der Waals surface area contributed by atoms with E-state index in [1.54, 1.807) is 4.90 Å². The predicted molar refractivity (Wildman–Crippen MR) is 74.3 cm³/mol. The van der Waals surface area contributed by atoms with Gasteiger partial charge in [0.1, 0.15) is 0 Å². The monoisotopic (exact) mass is 335 g/mol. The second-order valence-electron chi connectivity index (χ2n) is 5.29. The third-order valence-electron chi connectivity index (χ3n) is 3.69. The Kier molecular flexibility index (Phi) is 4.95. The normalized spacial score (nSPS) is 17.9. The standard InChI is InChI=1S/C13H16F3N3O4/c14-13(15,16)7-10(18-3-1-17-2-4-18)8-5-9(19(22)23)12(21)11(20)6-8/h5-6,10,17,20-21H,1-4,7H2/t10-/m1/s1. The minimum Gasteiger partial charge on any atom is -0.504 e.